The van der Waals surface area contributed by atoms with Crippen molar-refractivity contribution in [1.29, 1.82) is 0 Å². The quantitative estimate of drug-likeness (QED) is 0.847. The molecule has 2 saturated carbocycles. The van der Waals surface area contributed by atoms with Gasteiger partial charge in [-0.2, -0.15) is 0 Å². The smallest absolute Gasteiger partial charge is 0.224 e. The molecule has 3 atom stereocenters. The van der Waals surface area contributed by atoms with Crippen molar-refractivity contribution in [1.82, 2.24) is 0 Å². The molecule has 3 aliphatic rings. The fraction of sp³-hybridized carbons (Fsp3) is 0.435. The molecule has 3 heteroatoms. The van der Waals surface area contributed by atoms with Gasteiger partial charge in [0.15, 0.2) is 0 Å². The molecule has 0 aromatic heterocycles. The van der Waals surface area contributed by atoms with Crippen LogP contribution in [0.15, 0.2) is 48.5 Å². The van der Waals surface area contributed by atoms with E-state index in [4.69, 9.17) is 0 Å². The molecule has 2 fully saturated rings. The van der Waals surface area contributed by atoms with E-state index in [1.807, 2.05) is 12.1 Å². The van der Waals surface area contributed by atoms with E-state index in [2.05, 4.69) is 46.6 Å². The minimum Gasteiger partial charge on any atom is -0.363 e. The van der Waals surface area contributed by atoms with Gasteiger partial charge in [0.05, 0.1) is 0 Å². The van der Waals surface area contributed by atoms with Gasteiger partial charge in [0.2, 0.25) is 5.91 Å². The molecule has 5 rings (SSSR count). The molecule has 1 aliphatic heterocycles. The maximum absolute atomic E-state index is 12.5. The van der Waals surface area contributed by atoms with Crippen molar-refractivity contribution in [2.45, 2.75) is 45.2 Å². The molecule has 2 aromatic carbocycles. The first kappa shape index (κ1) is 15.9. The summed E-state index contributed by atoms with van der Waals surface area (Å²) in [6.45, 7) is 1.89. The lowest BCUT2D eigenvalue weighted by Crippen LogP contribution is -2.20. The number of hydrogen-bond donors (Lipinski definition) is 1. The zero-order valence-electron chi connectivity index (χ0n) is 15.2. The van der Waals surface area contributed by atoms with Gasteiger partial charge < -0.3 is 10.2 Å². The van der Waals surface area contributed by atoms with Gasteiger partial charge >= 0.3 is 0 Å². The Morgan fingerprint density at radius 2 is 1.81 bits per heavy atom. The molecule has 1 N–H and O–H groups in total. The van der Waals surface area contributed by atoms with Gasteiger partial charge in [0, 0.05) is 30.9 Å². The molecule has 2 bridgehead atoms. The number of carbonyl (C=O) groups excluding carboxylic acids is 1. The first-order chi connectivity index (χ1) is 12.7. The lowest BCUT2D eigenvalue weighted by atomic mass is 9.86. The van der Waals surface area contributed by atoms with E-state index < -0.39 is 0 Å². The maximum atomic E-state index is 12.5. The second-order valence-corrected chi connectivity index (χ2v) is 8.36. The third-order valence-electron chi connectivity index (χ3n) is 6.67. The van der Waals surface area contributed by atoms with E-state index in [-0.39, 0.29) is 5.91 Å². The molecule has 0 radical (unpaired) electrons. The first-order valence-electron chi connectivity index (χ1n) is 9.96. The second kappa shape index (κ2) is 6.46. The third-order valence-corrected chi connectivity index (χ3v) is 6.67. The Hall–Kier alpha value is -2.29. The first-order valence-corrected chi connectivity index (χ1v) is 9.96. The number of nitrogens with zero attached hydrogens (tertiary/aromatic N) is 1. The van der Waals surface area contributed by atoms with Crippen molar-refractivity contribution in [3.8, 4) is 0 Å². The molecule has 3 nitrogen and oxygen atoms in total. The molecule has 2 aliphatic carbocycles. The van der Waals surface area contributed by atoms with Gasteiger partial charge in [-0.05, 0) is 66.3 Å². The number of fused-ring (bicyclic) bond motifs is 3. The minimum absolute atomic E-state index is 0.185. The van der Waals surface area contributed by atoms with E-state index in [1.165, 1.54) is 42.5 Å². The predicted molar refractivity (Wildman–Crippen MR) is 105 cm³/mol. The van der Waals surface area contributed by atoms with E-state index in [1.54, 1.807) is 0 Å². The van der Waals surface area contributed by atoms with Crippen molar-refractivity contribution in [3.05, 3.63) is 59.7 Å². The molecule has 134 valence electrons. The standard InChI is InChI=1S/C23H26N2O/c26-23(12-20-11-16-8-9-17(20)10-16)24-21-6-3-7-22(13-21)25-14-18-4-1-2-5-19(18)15-25/h1-7,13,16-17,20H,8-12,14-15H2,(H,24,26). The van der Waals surface area contributed by atoms with Gasteiger partial charge in [-0.1, -0.05) is 36.8 Å². The topological polar surface area (TPSA) is 32.3 Å². The van der Waals surface area contributed by atoms with Gasteiger partial charge in [0.25, 0.3) is 0 Å². The largest absolute Gasteiger partial charge is 0.363 e. The molecule has 3 unspecified atom stereocenters. The monoisotopic (exact) mass is 346 g/mol. The molecule has 0 saturated heterocycles. The summed E-state index contributed by atoms with van der Waals surface area (Å²) in [6, 6.07) is 16.9. The summed E-state index contributed by atoms with van der Waals surface area (Å²) < 4.78 is 0. The summed E-state index contributed by atoms with van der Waals surface area (Å²) in [7, 11) is 0. The Morgan fingerprint density at radius 1 is 1.00 bits per heavy atom. The van der Waals surface area contributed by atoms with Crippen LogP contribution in [0.4, 0.5) is 11.4 Å². The summed E-state index contributed by atoms with van der Waals surface area (Å²) in [5, 5.41) is 3.15. The van der Waals surface area contributed by atoms with Crippen LogP contribution in [-0.2, 0) is 17.9 Å². The fourth-order valence-electron chi connectivity index (χ4n) is 5.37. The highest BCUT2D eigenvalue weighted by molar-refractivity contribution is 5.91. The number of carbonyl (C=O) groups is 1. The Labute approximate surface area is 155 Å². The Kier molecular flexibility index (Phi) is 3.96. The van der Waals surface area contributed by atoms with Crippen molar-refractivity contribution < 1.29 is 4.79 Å². The summed E-state index contributed by atoms with van der Waals surface area (Å²) in [5.41, 5.74) is 4.90. The lowest BCUT2D eigenvalue weighted by Gasteiger charge is -2.21. The molecule has 1 amide bonds. The van der Waals surface area contributed by atoms with Crippen LogP contribution in [-0.4, -0.2) is 5.91 Å². The number of benzene rings is 2. The van der Waals surface area contributed by atoms with Crippen LogP contribution in [0, 0.1) is 17.8 Å². The van der Waals surface area contributed by atoms with Crippen molar-refractivity contribution in [3.63, 3.8) is 0 Å². The van der Waals surface area contributed by atoms with Gasteiger partial charge in [-0.3, -0.25) is 4.79 Å². The van der Waals surface area contributed by atoms with Crippen molar-refractivity contribution in [2.75, 3.05) is 10.2 Å². The van der Waals surface area contributed by atoms with Crippen LogP contribution >= 0.6 is 0 Å². The molecule has 2 aromatic rings. The number of nitrogens with one attached hydrogen (secondary N) is 1. The number of amides is 1. The average molecular weight is 346 g/mol. The minimum atomic E-state index is 0.185. The zero-order chi connectivity index (χ0) is 17.5. The van der Waals surface area contributed by atoms with Gasteiger partial charge in [-0.25, -0.2) is 0 Å². The fourth-order valence-corrected chi connectivity index (χ4v) is 5.37. The van der Waals surface area contributed by atoms with Crippen molar-refractivity contribution in [2.24, 2.45) is 17.8 Å². The Balaban J connectivity index is 1.23. The van der Waals surface area contributed by atoms with Crippen LogP contribution in [0.1, 0.15) is 43.2 Å². The van der Waals surface area contributed by atoms with Crippen LogP contribution in [0.2, 0.25) is 0 Å². The number of hydrogen-bond acceptors (Lipinski definition) is 2. The maximum Gasteiger partial charge on any atom is 0.224 e. The highest BCUT2D eigenvalue weighted by atomic mass is 16.1. The number of anilines is 2. The normalized spacial score (nSPS) is 26.2. The van der Waals surface area contributed by atoms with E-state index in [0.717, 1.165) is 30.6 Å². The highest BCUT2D eigenvalue weighted by Gasteiger charge is 2.40. The van der Waals surface area contributed by atoms with E-state index in [9.17, 15) is 4.79 Å². The van der Waals surface area contributed by atoms with Crippen LogP contribution in [0.3, 0.4) is 0 Å². The Bertz CT molecular complexity index is 805. The summed E-state index contributed by atoms with van der Waals surface area (Å²) in [6.07, 6.45) is 6.06. The summed E-state index contributed by atoms with van der Waals surface area (Å²) in [5.74, 6) is 2.51. The van der Waals surface area contributed by atoms with E-state index in [0.29, 0.717) is 12.3 Å². The Morgan fingerprint density at radius 3 is 2.50 bits per heavy atom. The summed E-state index contributed by atoms with van der Waals surface area (Å²) in [4.78, 5) is 14.9. The highest BCUT2D eigenvalue weighted by Crippen LogP contribution is 2.49. The molecule has 1 heterocycles. The van der Waals surface area contributed by atoms with Crippen LogP contribution in [0.5, 0.6) is 0 Å². The molecule has 0 spiro atoms. The average Bonchev–Trinajstić information content (AvgIpc) is 3.36. The van der Waals surface area contributed by atoms with Crippen LogP contribution < -0.4 is 10.2 Å². The lowest BCUT2D eigenvalue weighted by molar-refractivity contribution is -0.117. The second-order valence-electron chi connectivity index (χ2n) is 8.36. The molecule has 26 heavy (non-hydrogen) atoms. The van der Waals surface area contributed by atoms with Gasteiger partial charge in [-0.15, -0.1) is 0 Å². The van der Waals surface area contributed by atoms with Crippen LogP contribution in [0.25, 0.3) is 0 Å². The zero-order valence-corrected chi connectivity index (χ0v) is 15.2. The third kappa shape index (κ3) is 3.00. The molecular weight excluding hydrogens is 320 g/mol. The predicted octanol–water partition coefficient (Wildman–Crippen LogP) is 4.97. The van der Waals surface area contributed by atoms with Gasteiger partial charge in [0.1, 0.15) is 0 Å². The molecular formula is C23H26N2O. The SMILES string of the molecule is O=C(CC1CC2CCC1C2)Nc1cccc(N2Cc3ccccc3C2)c1. The van der Waals surface area contributed by atoms with Crippen molar-refractivity contribution >= 4 is 17.3 Å². The van der Waals surface area contributed by atoms with E-state index >= 15 is 0 Å². The summed E-state index contributed by atoms with van der Waals surface area (Å²) >= 11 is 0. The number of rotatable bonds is 4.